The van der Waals surface area contributed by atoms with Crippen LogP contribution < -0.4 is 10.6 Å². The van der Waals surface area contributed by atoms with Gasteiger partial charge in [-0.25, -0.2) is 0 Å². The molecule has 3 N–H and O–H groups in total. The topological polar surface area (TPSA) is 28.6 Å². The van der Waals surface area contributed by atoms with Crippen LogP contribution in [0.15, 0.2) is 12.7 Å². The molecule has 0 saturated carbocycles. The lowest BCUT2D eigenvalue weighted by molar-refractivity contribution is -0.528. The third kappa shape index (κ3) is 5.29. The van der Waals surface area contributed by atoms with E-state index >= 15 is 0 Å². The van der Waals surface area contributed by atoms with Gasteiger partial charge in [0.05, 0.1) is 6.54 Å². The van der Waals surface area contributed by atoms with Crippen LogP contribution in [0.4, 0.5) is 0 Å². The Balaban J connectivity index is 3.27. The van der Waals surface area contributed by atoms with E-state index in [4.69, 9.17) is 18.6 Å². The van der Waals surface area contributed by atoms with Gasteiger partial charge in [-0.3, -0.25) is 5.32 Å². The first-order valence-corrected chi connectivity index (χ1v) is 3.37. The van der Waals surface area contributed by atoms with Crippen LogP contribution in [0.5, 0.6) is 0 Å². The first kappa shape index (κ1) is 9.15. The average Bonchev–Trinajstić information content (AvgIpc) is 1.97. The highest BCUT2D eigenvalue weighted by Crippen LogP contribution is 1.55. The van der Waals surface area contributed by atoms with Crippen molar-refractivity contribution >= 4 is 17.3 Å². The lowest BCUT2D eigenvalue weighted by Gasteiger charge is -1.98. The molecule has 0 rings (SSSR count). The highest BCUT2D eigenvalue weighted by molar-refractivity contribution is 7.79. The highest BCUT2D eigenvalue weighted by atomic mass is 32.1. The number of terminal acetylenes is 1. The zero-order chi connectivity index (χ0) is 7.82. The van der Waals surface area contributed by atoms with E-state index in [0.717, 1.165) is 6.54 Å². The van der Waals surface area contributed by atoms with Crippen LogP contribution in [0.1, 0.15) is 0 Å². The number of hydrogen-bond acceptors (Lipinski definition) is 1. The minimum Gasteiger partial charge on any atom is -0.321 e. The van der Waals surface area contributed by atoms with Crippen molar-refractivity contribution in [3.63, 3.8) is 0 Å². The minimum atomic E-state index is 0.493. The molecule has 10 heavy (non-hydrogen) atoms. The molecule has 54 valence electrons. The summed E-state index contributed by atoms with van der Waals surface area (Å²) in [6.07, 6.45) is 6.78. The second kappa shape index (κ2) is 6.27. The van der Waals surface area contributed by atoms with Gasteiger partial charge in [0.2, 0.25) is 0 Å². The van der Waals surface area contributed by atoms with Gasteiger partial charge in [-0.2, -0.15) is 0 Å². The average molecular weight is 155 g/mol. The normalized spacial score (nSPS) is 7.90. The second-order valence-corrected chi connectivity index (χ2v) is 2.09. The fourth-order valence-electron chi connectivity index (χ4n) is 0.401. The van der Waals surface area contributed by atoms with Crippen LogP contribution in [0.2, 0.25) is 0 Å². The second-order valence-electron chi connectivity index (χ2n) is 1.65. The summed E-state index contributed by atoms with van der Waals surface area (Å²) in [5.74, 6) is 2.43. The largest absolute Gasteiger partial charge is 0.321 e. The van der Waals surface area contributed by atoms with Gasteiger partial charge in [0.25, 0.3) is 5.11 Å². The highest BCUT2D eigenvalue weighted by Gasteiger charge is 1.93. The van der Waals surface area contributed by atoms with Crippen LogP contribution in [0.3, 0.4) is 0 Å². The molecule has 0 saturated heterocycles. The summed E-state index contributed by atoms with van der Waals surface area (Å²) in [6.45, 7) is 4.83. The zero-order valence-corrected chi connectivity index (χ0v) is 6.58. The van der Waals surface area contributed by atoms with E-state index in [9.17, 15) is 0 Å². The molecule has 2 nitrogen and oxygen atoms in total. The molecule has 0 aliphatic carbocycles. The predicted octanol–water partition coefficient (Wildman–Crippen LogP) is -0.756. The lowest BCUT2D eigenvalue weighted by atomic mass is 10.6. The first-order valence-electron chi connectivity index (χ1n) is 2.96. The molecule has 0 aliphatic rings. The Kier molecular flexibility index (Phi) is 5.74. The molecule has 0 spiro atoms. The third-order valence-electron chi connectivity index (χ3n) is 0.835. The molecule has 0 amide bonds. The zero-order valence-electron chi connectivity index (χ0n) is 5.76. The molecular weight excluding hydrogens is 144 g/mol. The Morgan fingerprint density at radius 3 is 3.10 bits per heavy atom. The van der Waals surface area contributed by atoms with E-state index < -0.39 is 0 Å². The Morgan fingerprint density at radius 1 is 1.90 bits per heavy atom. The van der Waals surface area contributed by atoms with Crippen LogP contribution in [0.25, 0.3) is 0 Å². The number of thiocarbonyl (C=S) groups is 1. The molecule has 0 heterocycles. The van der Waals surface area contributed by atoms with Crippen molar-refractivity contribution in [2.24, 2.45) is 0 Å². The number of rotatable bonds is 3. The van der Waals surface area contributed by atoms with Gasteiger partial charge in [-0.05, 0) is 6.08 Å². The summed E-state index contributed by atoms with van der Waals surface area (Å²) in [5, 5.41) is 5.41. The van der Waals surface area contributed by atoms with Crippen molar-refractivity contribution in [2.75, 3.05) is 13.1 Å². The fourth-order valence-corrected chi connectivity index (χ4v) is 0.569. The number of quaternary nitrogens is 1. The molecule has 0 bridgehead atoms. The summed E-state index contributed by atoms with van der Waals surface area (Å²) >= 11 is 4.87. The van der Waals surface area contributed by atoms with Gasteiger partial charge in [-0.15, -0.1) is 6.42 Å². The molecule has 0 atom stereocenters. The van der Waals surface area contributed by atoms with Gasteiger partial charge >= 0.3 is 0 Å². The standard InChI is InChI=1S/C7H10N2S/c1-3-5-8-7(10)9-6-4-2/h1,4H,2,5-6H2,(H2,8,9,10)/p+1. The summed E-state index contributed by atoms with van der Waals surface area (Å²) < 4.78 is 0. The molecule has 0 unspecified atom stereocenters. The molecule has 0 fully saturated rings. The van der Waals surface area contributed by atoms with Crippen molar-refractivity contribution < 1.29 is 5.32 Å². The molecule has 0 aliphatic heterocycles. The maximum Gasteiger partial charge on any atom is 0.267 e. The quantitative estimate of drug-likeness (QED) is 0.319. The SMILES string of the molecule is C#CCNC(=S)[NH2+]CC=C. The molecular formula is C7H11N2S+. The molecule has 0 aromatic heterocycles. The molecule has 0 radical (unpaired) electrons. The molecule has 0 aromatic carbocycles. The van der Waals surface area contributed by atoms with Crippen molar-refractivity contribution in [2.45, 2.75) is 0 Å². The smallest absolute Gasteiger partial charge is 0.267 e. The predicted molar refractivity (Wildman–Crippen MR) is 46.4 cm³/mol. The van der Waals surface area contributed by atoms with Crippen molar-refractivity contribution in [1.82, 2.24) is 5.32 Å². The number of nitrogens with one attached hydrogen (secondary N) is 1. The van der Waals surface area contributed by atoms with Crippen LogP contribution in [0, 0.1) is 12.3 Å². The van der Waals surface area contributed by atoms with Gasteiger partial charge < -0.3 is 5.32 Å². The van der Waals surface area contributed by atoms with E-state index in [-0.39, 0.29) is 0 Å². The Hall–Kier alpha value is -0.850. The van der Waals surface area contributed by atoms with Crippen LogP contribution in [-0.4, -0.2) is 18.2 Å². The van der Waals surface area contributed by atoms with Gasteiger partial charge in [0.15, 0.2) is 0 Å². The minimum absolute atomic E-state index is 0.493. The van der Waals surface area contributed by atoms with E-state index in [2.05, 4.69) is 17.8 Å². The van der Waals surface area contributed by atoms with Gasteiger partial charge in [0.1, 0.15) is 6.54 Å². The van der Waals surface area contributed by atoms with Crippen molar-refractivity contribution in [1.29, 1.82) is 0 Å². The summed E-state index contributed by atoms with van der Waals surface area (Å²) in [6, 6.07) is 0. The van der Waals surface area contributed by atoms with Gasteiger partial charge in [-0.1, -0.05) is 12.5 Å². The summed E-state index contributed by atoms with van der Waals surface area (Å²) in [7, 11) is 0. The fraction of sp³-hybridized carbons (Fsp3) is 0.286. The first-order chi connectivity index (χ1) is 4.81. The van der Waals surface area contributed by atoms with E-state index in [0.29, 0.717) is 11.7 Å². The summed E-state index contributed by atoms with van der Waals surface area (Å²) in [5.41, 5.74) is 0. The van der Waals surface area contributed by atoms with Crippen molar-refractivity contribution in [3.05, 3.63) is 12.7 Å². The van der Waals surface area contributed by atoms with E-state index in [1.165, 1.54) is 0 Å². The third-order valence-corrected chi connectivity index (χ3v) is 1.15. The number of hydrogen-bond donors (Lipinski definition) is 2. The number of nitrogens with two attached hydrogens (primary N) is 1. The van der Waals surface area contributed by atoms with Crippen molar-refractivity contribution in [3.8, 4) is 12.3 Å². The van der Waals surface area contributed by atoms with E-state index in [1.54, 1.807) is 6.08 Å². The maximum absolute atomic E-state index is 5.00. The monoisotopic (exact) mass is 155 g/mol. The lowest BCUT2D eigenvalue weighted by Crippen LogP contribution is -2.90. The Bertz CT molecular complexity index is 157. The molecule has 0 aromatic rings. The van der Waals surface area contributed by atoms with E-state index in [1.807, 2.05) is 5.32 Å². The molecule has 3 heteroatoms. The van der Waals surface area contributed by atoms with Crippen LogP contribution in [-0.2, 0) is 0 Å². The Labute approximate surface area is 66.7 Å². The summed E-state index contributed by atoms with van der Waals surface area (Å²) in [4.78, 5) is 0. The Morgan fingerprint density at radius 2 is 2.60 bits per heavy atom. The van der Waals surface area contributed by atoms with Crippen LogP contribution >= 0.6 is 12.2 Å². The van der Waals surface area contributed by atoms with Gasteiger partial charge in [0, 0.05) is 12.2 Å². The maximum atomic E-state index is 5.00.